The van der Waals surface area contributed by atoms with Crippen molar-refractivity contribution in [3.63, 3.8) is 0 Å². The van der Waals surface area contributed by atoms with Crippen molar-refractivity contribution in [1.29, 1.82) is 0 Å². The van der Waals surface area contributed by atoms with Crippen LogP contribution in [0.25, 0.3) is 0 Å². The molecule has 0 aromatic rings. The number of amides is 1. The minimum Gasteiger partial charge on any atom is -0.475 e. The second-order valence-electron chi connectivity index (χ2n) is 4.47. The van der Waals surface area contributed by atoms with E-state index in [2.05, 4.69) is 17.5 Å². The lowest BCUT2D eigenvalue weighted by molar-refractivity contribution is -0.192. The molecule has 0 aromatic carbocycles. The van der Waals surface area contributed by atoms with E-state index in [1.807, 2.05) is 0 Å². The zero-order valence-corrected chi connectivity index (χ0v) is 10.1. The predicted octanol–water partition coefficient (Wildman–Crippen LogP) is 0.515. The van der Waals surface area contributed by atoms with Gasteiger partial charge in [0.25, 0.3) is 0 Å². The van der Waals surface area contributed by atoms with Crippen molar-refractivity contribution in [3.8, 4) is 0 Å². The molecule has 4 atom stereocenters. The molecule has 2 aliphatic rings. The number of alkyl halides is 3. The Morgan fingerprint density at radius 1 is 1.32 bits per heavy atom. The van der Waals surface area contributed by atoms with Crippen molar-refractivity contribution in [1.82, 2.24) is 5.32 Å². The fraction of sp³-hybridized carbons (Fsp3) is 0.636. The zero-order valence-electron chi connectivity index (χ0n) is 10.1. The molecule has 0 aliphatic heterocycles. The van der Waals surface area contributed by atoms with Crippen LogP contribution in [-0.2, 0) is 9.59 Å². The minimum atomic E-state index is -5.08. The molecule has 2 bridgehead atoms. The number of nitrogens with two attached hydrogens (primary N) is 1. The van der Waals surface area contributed by atoms with E-state index in [0.717, 1.165) is 6.42 Å². The van der Waals surface area contributed by atoms with Crippen LogP contribution in [0.3, 0.4) is 0 Å². The molecule has 0 radical (unpaired) electrons. The van der Waals surface area contributed by atoms with Crippen molar-refractivity contribution < 1.29 is 27.9 Å². The molecule has 1 saturated carbocycles. The topological polar surface area (TPSA) is 92.4 Å². The molecule has 19 heavy (non-hydrogen) atoms. The number of carbonyl (C=O) groups excluding carboxylic acids is 1. The van der Waals surface area contributed by atoms with Gasteiger partial charge in [0.15, 0.2) is 0 Å². The van der Waals surface area contributed by atoms with E-state index >= 15 is 0 Å². The van der Waals surface area contributed by atoms with Gasteiger partial charge in [-0.05, 0) is 18.3 Å². The summed E-state index contributed by atoms with van der Waals surface area (Å²) in [6, 6.07) is 0.0416. The lowest BCUT2D eigenvalue weighted by Gasteiger charge is -2.22. The Bertz CT molecular complexity index is 395. The summed E-state index contributed by atoms with van der Waals surface area (Å²) >= 11 is 0. The zero-order chi connectivity index (χ0) is 14.8. The first kappa shape index (κ1) is 15.5. The Balaban J connectivity index is 0.000000224. The highest BCUT2D eigenvalue weighted by Gasteiger charge is 2.45. The third-order valence-electron chi connectivity index (χ3n) is 3.31. The van der Waals surface area contributed by atoms with Crippen LogP contribution >= 0.6 is 0 Å². The molecule has 4 unspecified atom stereocenters. The van der Waals surface area contributed by atoms with Gasteiger partial charge in [-0.2, -0.15) is 13.2 Å². The highest BCUT2D eigenvalue weighted by atomic mass is 19.4. The van der Waals surface area contributed by atoms with Gasteiger partial charge < -0.3 is 16.2 Å². The van der Waals surface area contributed by atoms with Crippen molar-refractivity contribution in [2.24, 2.45) is 23.5 Å². The molecule has 0 aromatic heterocycles. The maximum atomic E-state index is 11.4. The molecular formula is C11H15F3N2O3. The number of nitrogens with one attached hydrogen (secondary N) is 1. The molecule has 5 nitrogen and oxygen atoms in total. The highest BCUT2D eigenvalue weighted by molar-refractivity contribution is 5.80. The Morgan fingerprint density at radius 3 is 2.11 bits per heavy atom. The average Bonchev–Trinajstić information content (AvgIpc) is 2.88. The maximum Gasteiger partial charge on any atom is 0.490 e. The van der Waals surface area contributed by atoms with Crippen LogP contribution in [0.2, 0.25) is 0 Å². The summed E-state index contributed by atoms with van der Waals surface area (Å²) in [6.07, 6.45) is 0.266. The Labute approximate surface area is 107 Å². The molecule has 8 heteroatoms. The van der Waals surface area contributed by atoms with Crippen molar-refractivity contribution in [2.75, 3.05) is 7.05 Å². The molecule has 1 amide bonds. The largest absolute Gasteiger partial charge is 0.490 e. The maximum absolute atomic E-state index is 11.4. The van der Waals surface area contributed by atoms with Gasteiger partial charge in [0.05, 0.1) is 5.92 Å². The molecule has 4 N–H and O–H groups in total. The van der Waals surface area contributed by atoms with E-state index < -0.39 is 12.1 Å². The van der Waals surface area contributed by atoms with Crippen LogP contribution in [0.1, 0.15) is 6.42 Å². The molecule has 0 spiro atoms. The number of hydrogen-bond donors (Lipinski definition) is 3. The van der Waals surface area contributed by atoms with Gasteiger partial charge in [-0.25, -0.2) is 4.79 Å². The van der Waals surface area contributed by atoms with E-state index in [4.69, 9.17) is 15.6 Å². The number of allylic oxidation sites excluding steroid dienone is 1. The molecular weight excluding hydrogens is 265 g/mol. The van der Waals surface area contributed by atoms with E-state index in [9.17, 15) is 18.0 Å². The fourth-order valence-electron chi connectivity index (χ4n) is 2.40. The summed E-state index contributed by atoms with van der Waals surface area (Å²) in [5, 5.41) is 9.79. The summed E-state index contributed by atoms with van der Waals surface area (Å²) in [5.41, 5.74) is 5.93. The third kappa shape index (κ3) is 3.46. The SMILES string of the molecule is CNC(=O)C1C2C=CC(C2)C1N.O=C(O)C(F)(F)F. The van der Waals surface area contributed by atoms with Crippen molar-refractivity contribution >= 4 is 11.9 Å². The second-order valence-corrected chi connectivity index (χ2v) is 4.47. The normalized spacial score (nSPS) is 31.6. The molecule has 0 heterocycles. The number of halogens is 3. The summed E-state index contributed by atoms with van der Waals surface area (Å²) in [7, 11) is 1.67. The Kier molecular flexibility index (Phi) is 4.56. The van der Waals surface area contributed by atoms with Crippen LogP contribution in [-0.4, -0.2) is 36.2 Å². The fourth-order valence-corrected chi connectivity index (χ4v) is 2.40. The number of rotatable bonds is 1. The van der Waals surface area contributed by atoms with Gasteiger partial charge in [0.1, 0.15) is 0 Å². The lowest BCUT2D eigenvalue weighted by Crippen LogP contribution is -2.42. The van der Waals surface area contributed by atoms with Crippen molar-refractivity contribution in [3.05, 3.63) is 12.2 Å². The van der Waals surface area contributed by atoms with Crippen molar-refractivity contribution in [2.45, 2.75) is 18.6 Å². The molecule has 2 rings (SSSR count). The highest BCUT2D eigenvalue weighted by Crippen LogP contribution is 2.42. The van der Waals surface area contributed by atoms with Crippen LogP contribution in [0.5, 0.6) is 0 Å². The van der Waals surface area contributed by atoms with Gasteiger partial charge >= 0.3 is 12.1 Å². The van der Waals surface area contributed by atoms with E-state index in [-0.39, 0.29) is 17.9 Å². The van der Waals surface area contributed by atoms with Crippen LogP contribution in [0.15, 0.2) is 12.2 Å². The van der Waals surface area contributed by atoms with Gasteiger partial charge in [-0.1, -0.05) is 12.2 Å². The first-order valence-electron chi connectivity index (χ1n) is 5.64. The van der Waals surface area contributed by atoms with Crippen LogP contribution in [0.4, 0.5) is 13.2 Å². The summed E-state index contributed by atoms with van der Waals surface area (Å²) in [6.45, 7) is 0. The summed E-state index contributed by atoms with van der Waals surface area (Å²) < 4.78 is 31.7. The third-order valence-corrected chi connectivity index (χ3v) is 3.31. The minimum absolute atomic E-state index is 0.0185. The Morgan fingerprint density at radius 2 is 1.79 bits per heavy atom. The van der Waals surface area contributed by atoms with Crippen LogP contribution < -0.4 is 11.1 Å². The molecule has 1 fully saturated rings. The smallest absolute Gasteiger partial charge is 0.475 e. The first-order chi connectivity index (χ1) is 8.68. The van der Waals surface area contributed by atoms with Gasteiger partial charge in [-0.15, -0.1) is 0 Å². The van der Waals surface area contributed by atoms with E-state index in [1.165, 1.54) is 0 Å². The van der Waals surface area contributed by atoms with Gasteiger partial charge in [-0.3, -0.25) is 4.79 Å². The first-order valence-corrected chi connectivity index (χ1v) is 5.64. The number of hydrogen-bond acceptors (Lipinski definition) is 3. The summed E-state index contributed by atoms with van der Waals surface area (Å²) in [4.78, 5) is 20.3. The van der Waals surface area contributed by atoms with Gasteiger partial charge in [0.2, 0.25) is 5.91 Å². The number of carboxylic acid groups (broad SMARTS) is 1. The van der Waals surface area contributed by atoms with Crippen LogP contribution in [0, 0.1) is 17.8 Å². The Hall–Kier alpha value is -1.57. The van der Waals surface area contributed by atoms with E-state index in [0.29, 0.717) is 11.8 Å². The average molecular weight is 280 g/mol. The molecule has 108 valence electrons. The number of fused-ring (bicyclic) bond motifs is 2. The number of carboxylic acids is 1. The predicted molar refractivity (Wildman–Crippen MR) is 60.0 cm³/mol. The van der Waals surface area contributed by atoms with Gasteiger partial charge in [0, 0.05) is 13.1 Å². The monoisotopic (exact) mass is 280 g/mol. The molecule has 2 aliphatic carbocycles. The molecule has 0 saturated heterocycles. The van der Waals surface area contributed by atoms with E-state index in [1.54, 1.807) is 7.05 Å². The number of carbonyl (C=O) groups is 2. The quantitative estimate of drug-likeness (QED) is 0.610. The summed E-state index contributed by atoms with van der Waals surface area (Å²) in [5.74, 6) is -1.81. The lowest BCUT2D eigenvalue weighted by atomic mass is 9.89. The number of aliphatic carboxylic acids is 1. The standard InChI is InChI=1S/C9H14N2O.C2HF3O2/c1-11-9(12)7-5-2-3-6(4-5)8(7)10;3-2(4,5)1(6)7/h2-3,5-8H,4,10H2,1H3,(H,11,12);(H,6,7). The second kappa shape index (κ2) is 5.60.